The van der Waals surface area contributed by atoms with E-state index in [9.17, 15) is 9.59 Å². The molecule has 0 bridgehead atoms. The molecule has 1 aliphatic rings. The number of rotatable bonds is 4. The minimum Gasteiger partial charge on any atom is -0.335 e. The molecule has 1 heterocycles. The average molecular weight is 322 g/mol. The number of nitrogens with one attached hydrogen (secondary N) is 1. The van der Waals surface area contributed by atoms with Crippen molar-refractivity contribution < 1.29 is 9.59 Å². The molecule has 2 atom stereocenters. The summed E-state index contributed by atoms with van der Waals surface area (Å²) in [4.78, 5) is 26.7. The lowest BCUT2D eigenvalue weighted by Gasteiger charge is -2.25. The Labute approximate surface area is 142 Å². The summed E-state index contributed by atoms with van der Waals surface area (Å²) in [6.45, 7) is 4.43. The zero-order chi connectivity index (χ0) is 17.1. The van der Waals surface area contributed by atoms with Gasteiger partial charge >= 0.3 is 0 Å². The quantitative estimate of drug-likeness (QED) is 0.936. The Morgan fingerprint density at radius 1 is 1.12 bits per heavy atom. The number of carbonyl (C=O) groups excluding carboxylic acids is 2. The van der Waals surface area contributed by atoms with Crippen LogP contribution in [0.5, 0.6) is 0 Å². The molecule has 4 heteroatoms. The smallest absolute Gasteiger partial charge is 0.229 e. The van der Waals surface area contributed by atoms with Crippen molar-refractivity contribution in [3.63, 3.8) is 0 Å². The first kappa shape index (κ1) is 16.2. The number of anilines is 1. The third kappa shape index (κ3) is 3.32. The van der Waals surface area contributed by atoms with E-state index < -0.39 is 0 Å². The first-order valence-electron chi connectivity index (χ1n) is 8.27. The SMILES string of the molecule is Cc1ccccc1NC(=O)[C@@H]1CC(=O)N([C@H](C)c2ccccc2)C1. The Kier molecular flexibility index (Phi) is 4.65. The third-order valence-corrected chi connectivity index (χ3v) is 4.68. The van der Waals surface area contributed by atoms with Gasteiger partial charge in [0.25, 0.3) is 0 Å². The first-order valence-corrected chi connectivity index (χ1v) is 8.27. The van der Waals surface area contributed by atoms with Crippen LogP contribution in [0.3, 0.4) is 0 Å². The highest BCUT2D eigenvalue weighted by atomic mass is 16.2. The predicted octanol–water partition coefficient (Wildman–Crippen LogP) is 3.54. The van der Waals surface area contributed by atoms with Crippen LogP contribution in [0, 0.1) is 12.8 Å². The summed E-state index contributed by atoms with van der Waals surface area (Å²) >= 11 is 0. The second-order valence-electron chi connectivity index (χ2n) is 6.34. The van der Waals surface area contributed by atoms with Crippen LogP contribution in [0.4, 0.5) is 5.69 Å². The average Bonchev–Trinajstić information content (AvgIpc) is 2.99. The zero-order valence-electron chi connectivity index (χ0n) is 14.0. The van der Waals surface area contributed by atoms with Crippen molar-refractivity contribution in [3.05, 3.63) is 65.7 Å². The number of amides is 2. The highest BCUT2D eigenvalue weighted by Crippen LogP contribution is 2.29. The molecule has 1 fully saturated rings. The lowest BCUT2D eigenvalue weighted by Crippen LogP contribution is -2.30. The molecule has 1 N–H and O–H groups in total. The van der Waals surface area contributed by atoms with Crippen LogP contribution in [0.25, 0.3) is 0 Å². The summed E-state index contributed by atoms with van der Waals surface area (Å²) in [7, 11) is 0. The summed E-state index contributed by atoms with van der Waals surface area (Å²) in [6.07, 6.45) is 0.273. The molecule has 3 rings (SSSR count). The molecule has 124 valence electrons. The van der Waals surface area contributed by atoms with Crippen LogP contribution in [-0.2, 0) is 9.59 Å². The van der Waals surface area contributed by atoms with E-state index in [4.69, 9.17) is 0 Å². The zero-order valence-corrected chi connectivity index (χ0v) is 14.0. The van der Waals surface area contributed by atoms with Gasteiger partial charge in [-0.2, -0.15) is 0 Å². The fourth-order valence-corrected chi connectivity index (χ4v) is 3.14. The van der Waals surface area contributed by atoms with Gasteiger partial charge in [-0.15, -0.1) is 0 Å². The molecule has 0 radical (unpaired) electrons. The maximum Gasteiger partial charge on any atom is 0.229 e. The van der Waals surface area contributed by atoms with Gasteiger partial charge in [0.1, 0.15) is 0 Å². The lowest BCUT2D eigenvalue weighted by atomic mass is 10.1. The fourth-order valence-electron chi connectivity index (χ4n) is 3.14. The number of likely N-dealkylation sites (tertiary alicyclic amines) is 1. The Bertz CT molecular complexity index is 742. The second kappa shape index (κ2) is 6.87. The van der Waals surface area contributed by atoms with Crippen molar-refractivity contribution in [2.45, 2.75) is 26.3 Å². The maximum atomic E-state index is 12.5. The van der Waals surface area contributed by atoms with Crippen LogP contribution in [-0.4, -0.2) is 23.3 Å². The van der Waals surface area contributed by atoms with Gasteiger partial charge in [0.05, 0.1) is 12.0 Å². The maximum absolute atomic E-state index is 12.5. The Morgan fingerprint density at radius 3 is 2.50 bits per heavy atom. The summed E-state index contributed by atoms with van der Waals surface area (Å²) < 4.78 is 0. The van der Waals surface area contributed by atoms with Gasteiger partial charge in [0.2, 0.25) is 11.8 Å². The Balaban J connectivity index is 1.68. The molecule has 24 heavy (non-hydrogen) atoms. The van der Waals surface area contributed by atoms with Crippen molar-refractivity contribution in [2.75, 3.05) is 11.9 Å². The van der Waals surface area contributed by atoms with Crippen molar-refractivity contribution in [2.24, 2.45) is 5.92 Å². The summed E-state index contributed by atoms with van der Waals surface area (Å²) in [5.41, 5.74) is 2.92. The first-order chi connectivity index (χ1) is 11.6. The molecule has 0 saturated carbocycles. The summed E-state index contributed by atoms with van der Waals surface area (Å²) in [5.74, 6) is -0.347. The molecule has 1 aliphatic heterocycles. The van der Waals surface area contributed by atoms with E-state index in [2.05, 4.69) is 5.32 Å². The largest absolute Gasteiger partial charge is 0.335 e. The topological polar surface area (TPSA) is 49.4 Å². The van der Waals surface area contributed by atoms with Gasteiger partial charge in [0.15, 0.2) is 0 Å². The molecular weight excluding hydrogens is 300 g/mol. The van der Waals surface area contributed by atoms with Gasteiger partial charge in [0, 0.05) is 18.7 Å². The Hall–Kier alpha value is -2.62. The molecular formula is C20H22N2O2. The number of para-hydroxylation sites is 1. The van der Waals surface area contributed by atoms with Crippen molar-refractivity contribution in [3.8, 4) is 0 Å². The third-order valence-electron chi connectivity index (χ3n) is 4.68. The van der Waals surface area contributed by atoms with Crippen molar-refractivity contribution in [1.29, 1.82) is 0 Å². The molecule has 0 aliphatic carbocycles. The normalized spacial score (nSPS) is 18.5. The number of nitrogens with zero attached hydrogens (tertiary/aromatic N) is 1. The number of hydrogen-bond donors (Lipinski definition) is 1. The van der Waals surface area contributed by atoms with Crippen LogP contribution in [0.15, 0.2) is 54.6 Å². The van der Waals surface area contributed by atoms with E-state index >= 15 is 0 Å². The van der Waals surface area contributed by atoms with Crippen molar-refractivity contribution in [1.82, 2.24) is 4.90 Å². The van der Waals surface area contributed by atoms with Crippen LogP contribution in [0.1, 0.15) is 30.5 Å². The van der Waals surface area contributed by atoms with E-state index in [1.54, 1.807) is 4.90 Å². The van der Waals surface area contributed by atoms with E-state index in [0.717, 1.165) is 16.8 Å². The Morgan fingerprint density at radius 2 is 1.79 bits per heavy atom. The van der Waals surface area contributed by atoms with Crippen LogP contribution >= 0.6 is 0 Å². The van der Waals surface area contributed by atoms with Crippen LogP contribution in [0.2, 0.25) is 0 Å². The molecule has 0 spiro atoms. The number of aryl methyl sites for hydroxylation is 1. The molecule has 0 aromatic heterocycles. The van der Waals surface area contributed by atoms with Crippen molar-refractivity contribution >= 4 is 17.5 Å². The van der Waals surface area contributed by atoms with E-state index in [1.807, 2.05) is 68.4 Å². The van der Waals surface area contributed by atoms with Gasteiger partial charge in [-0.25, -0.2) is 0 Å². The molecule has 1 saturated heterocycles. The molecule has 2 aromatic carbocycles. The predicted molar refractivity (Wildman–Crippen MR) is 94.5 cm³/mol. The van der Waals surface area contributed by atoms with Gasteiger partial charge < -0.3 is 10.2 Å². The lowest BCUT2D eigenvalue weighted by molar-refractivity contribution is -0.129. The number of carbonyl (C=O) groups is 2. The second-order valence-corrected chi connectivity index (χ2v) is 6.34. The minimum atomic E-state index is -0.303. The number of benzene rings is 2. The monoisotopic (exact) mass is 322 g/mol. The van der Waals surface area contributed by atoms with Gasteiger partial charge in [-0.3, -0.25) is 9.59 Å². The molecule has 0 unspecified atom stereocenters. The number of hydrogen-bond acceptors (Lipinski definition) is 2. The van der Waals surface area contributed by atoms with E-state index in [-0.39, 0.29) is 30.2 Å². The van der Waals surface area contributed by atoms with E-state index in [1.165, 1.54) is 0 Å². The summed E-state index contributed by atoms with van der Waals surface area (Å²) in [5, 5.41) is 2.95. The molecule has 2 amide bonds. The molecule has 4 nitrogen and oxygen atoms in total. The standard InChI is InChI=1S/C20H22N2O2/c1-14-8-6-7-11-18(14)21-20(24)17-12-19(23)22(13-17)15(2)16-9-4-3-5-10-16/h3-11,15,17H,12-13H2,1-2H3,(H,21,24)/t15-,17-/m1/s1. The van der Waals surface area contributed by atoms with Gasteiger partial charge in [-0.1, -0.05) is 48.5 Å². The summed E-state index contributed by atoms with van der Waals surface area (Å²) in [6, 6.07) is 17.6. The highest BCUT2D eigenvalue weighted by Gasteiger charge is 2.37. The molecule has 2 aromatic rings. The van der Waals surface area contributed by atoms with Crippen LogP contribution < -0.4 is 5.32 Å². The highest BCUT2D eigenvalue weighted by molar-refractivity contribution is 5.97. The minimum absolute atomic E-state index is 0.0186. The van der Waals surface area contributed by atoms with E-state index in [0.29, 0.717) is 6.54 Å². The van der Waals surface area contributed by atoms with Gasteiger partial charge in [-0.05, 0) is 31.0 Å². The fraction of sp³-hybridized carbons (Fsp3) is 0.300.